The molecule has 0 bridgehead atoms. The fourth-order valence-electron chi connectivity index (χ4n) is 2.29. The van der Waals surface area contributed by atoms with E-state index in [1.807, 2.05) is 13.8 Å². The third kappa shape index (κ3) is 4.55. The highest BCUT2D eigenvalue weighted by Gasteiger charge is 2.12. The number of nitrogens with zero attached hydrogens (tertiary/aromatic N) is 1. The van der Waals surface area contributed by atoms with Crippen molar-refractivity contribution in [3.63, 3.8) is 0 Å². The maximum atomic E-state index is 12.1. The molecule has 1 aromatic heterocycles. The van der Waals surface area contributed by atoms with Crippen molar-refractivity contribution >= 4 is 27.1 Å². The van der Waals surface area contributed by atoms with E-state index in [0.29, 0.717) is 6.54 Å². The molecule has 0 spiro atoms. The second-order valence-electron chi connectivity index (χ2n) is 5.68. The molecular formula is C16H20N2O4S2. The van der Waals surface area contributed by atoms with Gasteiger partial charge in [0.15, 0.2) is 9.84 Å². The van der Waals surface area contributed by atoms with Crippen LogP contribution in [0.4, 0.5) is 0 Å². The molecule has 0 aliphatic rings. The SMILES string of the molecule is Cc1csc(=O)n1CCC(=O)NC(C)c1ccc(S(C)(=O)=O)cc1. The van der Waals surface area contributed by atoms with Gasteiger partial charge in [-0.2, -0.15) is 0 Å². The van der Waals surface area contributed by atoms with Gasteiger partial charge in [0.2, 0.25) is 5.91 Å². The molecule has 1 atom stereocenters. The average Bonchev–Trinajstić information content (AvgIpc) is 2.83. The maximum Gasteiger partial charge on any atom is 0.307 e. The molecule has 1 aromatic carbocycles. The summed E-state index contributed by atoms with van der Waals surface area (Å²) in [6, 6.07) is 6.19. The van der Waals surface area contributed by atoms with Crippen molar-refractivity contribution in [3.05, 3.63) is 50.6 Å². The molecule has 130 valence electrons. The van der Waals surface area contributed by atoms with Crippen LogP contribution in [0.3, 0.4) is 0 Å². The van der Waals surface area contributed by atoms with E-state index < -0.39 is 9.84 Å². The second-order valence-corrected chi connectivity index (χ2v) is 8.51. The Morgan fingerprint density at radius 2 is 1.92 bits per heavy atom. The summed E-state index contributed by atoms with van der Waals surface area (Å²) in [7, 11) is -3.23. The summed E-state index contributed by atoms with van der Waals surface area (Å²) < 4.78 is 24.5. The van der Waals surface area contributed by atoms with Crippen LogP contribution in [0.2, 0.25) is 0 Å². The van der Waals surface area contributed by atoms with Gasteiger partial charge in [-0.1, -0.05) is 23.5 Å². The quantitative estimate of drug-likeness (QED) is 0.844. The lowest BCUT2D eigenvalue weighted by Crippen LogP contribution is -2.28. The van der Waals surface area contributed by atoms with E-state index >= 15 is 0 Å². The number of aryl methyl sites for hydroxylation is 1. The number of amides is 1. The van der Waals surface area contributed by atoms with Gasteiger partial charge in [-0.3, -0.25) is 9.59 Å². The van der Waals surface area contributed by atoms with E-state index in [0.717, 1.165) is 28.8 Å². The molecule has 0 fully saturated rings. The molecule has 8 heteroatoms. The van der Waals surface area contributed by atoms with Crippen LogP contribution in [0.25, 0.3) is 0 Å². The van der Waals surface area contributed by atoms with Crippen LogP contribution in [0.15, 0.2) is 39.3 Å². The number of sulfone groups is 1. The second kappa shape index (κ2) is 7.31. The van der Waals surface area contributed by atoms with Crippen LogP contribution in [0.5, 0.6) is 0 Å². The lowest BCUT2D eigenvalue weighted by molar-refractivity contribution is -0.121. The maximum absolute atomic E-state index is 12.1. The molecule has 1 amide bonds. The molecule has 0 aliphatic heterocycles. The van der Waals surface area contributed by atoms with Crippen molar-refractivity contribution in [1.82, 2.24) is 9.88 Å². The van der Waals surface area contributed by atoms with Gasteiger partial charge in [0, 0.05) is 30.3 Å². The monoisotopic (exact) mass is 368 g/mol. The lowest BCUT2D eigenvalue weighted by atomic mass is 10.1. The fraction of sp³-hybridized carbons (Fsp3) is 0.375. The average molecular weight is 368 g/mol. The summed E-state index contributed by atoms with van der Waals surface area (Å²) in [4.78, 5) is 23.8. The largest absolute Gasteiger partial charge is 0.350 e. The molecule has 0 saturated heterocycles. The minimum absolute atomic E-state index is 0.0651. The third-order valence-electron chi connectivity index (χ3n) is 3.72. The van der Waals surface area contributed by atoms with Gasteiger partial charge in [0.05, 0.1) is 10.9 Å². The van der Waals surface area contributed by atoms with Crippen LogP contribution < -0.4 is 10.2 Å². The van der Waals surface area contributed by atoms with Crippen LogP contribution >= 0.6 is 11.3 Å². The highest BCUT2D eigenvalue weighted by atomic mass is 32.2. The smallest absolute Gasteiger partial charge is 0.307 e. The predicted molar refractivity (Wildman–Crippen MR) is 94.0 cm³/mol. The van der Waals surface area contributed by atoms with Crippen molar-refractivity contribution in [2.24, 2.45) is 0 Å². The van der Waals surface area contributed by atoms with E-state index in [2.05, 4.69) is 5.32 Å². The molecule has 0 aliphatic carbocycles. The van der Waals surface area contributed by atoms with Gasteiger partial charge in [-0.05, 0) is 31.5 Å². The Kier molecular flexibility index (Phi) is 5.61. The first-order valence-electron chi connectivity index (χ1n) is 7.43. The Bertz CT molecular complexity index is 880. The predicted octanol–water partition coefficient (Wildman–Crippen LogP) is 1.89. The molecule has 1 N–H and O–H groups in total. The summed E-state index contributed by atoms with van der Waals surface area (Å²) in [6.45, 7) is 4.01. The molecule has 6 nitrogen and oxygen atoms in total. The zero-order valence-electron chi connectivity index (χ0n) is 13.8. The summed E-state index contributed by atoms with van der Waals surface area (Å²) in [5.74, 6) is -0.160. The summed E-state index contributed by atoms with van der Waals surface area (Å²) in [5.41, 5.74) is 1.67. The molecule has 2 aromatic rings. The van der Waals surface area contributed by atoms with Crippen LogP contribution in [0, 0.1) is 6.92 Å². The Labute approximate surface area is 145 Å². The highest BCUT2D eigenvalue weighted by molar-refractivity contribution is 7.90. The van der Waals surface area contributed by atoms with Crippen molar-refractivity contribution in [2.45, 2.75) is 37.8 Å². The molecule has 1 unspecified atom stereocenters. The van der Waals surface area contributed by atoms with E-state index in [9.17, 15) is 18.0 Å². The molecule has 2 rings (SSSR count). The van der Waals surface area contributed by atoms with Crippen LogP contribution in [-0.2, 0) is 21.2 Å². The molecule has 24 heavy (non-hydrogen) atoms. The highest BCUT2D eigenvalue weighted by Crippen LogP contribution is 2.16. The topological polar surface area (TPSA) is 85.2 Å². The molecular weight excluding hydrogens is 348 g/mol. The zero-order chi connectivity index (χ0) is 17.9. The van der Waals surface area contributed by atoms with Crippen molar-refractivity contribution in [1.29, 1.82) is 0 Å². The van der Waals surface area contributed by atoms with Gasteiger partial charge < -0.3 is 9.88 Å². The van der Waals surface area contributed by atoms with Crippen LogP contribution in [-0.4, -0.2) is 25.1 Å². The summed E-state index contributed by atoms with van der Waals surface area (Å²) >= 11 is 1.12. The first-order valence-corrected chi connectivity index (χ1v) is 10.2. The van der Waals surface area contributed by atoms with E-state index in [1.165, 1.54) is 12.1 Å². The zero-order valence-corrected chi connectivity index (χ0v) is 15.4. The first kappa shape index (κ1) is 18.4. The third-order valence-corrected chi connectivity index (χ3v) is 5.73. The van der Waals surface area contributed by atoms with E-state index in [-0.39, 0.29) is 28.1 Å². The number of rotatable bonds is 6. The number of benzene rings is 1. The van der Waals surface area contributed by atoms with Crippen molar-refractivity contribution in [3.8, 4) is 0 Å². The molecule has 1 heterocycles. The number of thiazole rings is 1. The number of carbonyl (C=O) groups is 1. The Hall–Kier alpha value is -1.93. The number of hydrogen-bond donors (Lipinski definition) is 1. The van der Waals surface area contributed by atoms with Gasteiger partial charge in [-0.15, -0.1) is 0 Å². The number of carbonyl (C=O) groups excluding carboxylic acids is 1. The van der Waals surface area contributed by atoms with Gasteiger partial charge in [0.1, 0.15) is 0 Å². The van der Waals surface area contributed by atoms with Gasteiger partial charge >= 0.3 is 4.87 Å². The van der Waals surface area contributed by atoms with Crippen molar-refractivity contribution in [2.75, 3.05) is 6.26 Å². The molecule has 0 radical (unpaired) electrons. The summed E-state index contributed by atoms with van der Waals surface area (Å²) in [6.07, 6.45) is 1.37. The standard InChI is InChI=1S/C16H20N2O4S2/c1-11-10-23-16(20)18(11)9-8-15(19)17-12(2)13-4-6-14(7-5-13)24(3,21)22/h4-7,10,12H,8-9H2,1-3H3,(H,17,19). The van der Waals surface area contributed by atoms with Gasteiger partial charge in [-0.25, -0.2) is 8.42 Å². The normalized spacial score (nSPS) is 12.8. The number of nitrogens with one attached hydrogen (secondary N) is 1. The van der Waals surface area contributed by atoms with Crippen LogP contribution in [0.1, 0.15) is 30.6 Å². The lowest BCUT2D eigenvalue weighted by Gasteiger charge is -2.15. The Morgan fingerprint density at radius 3 is 2.42 bits per heavy atom. The van der Waals surface area contributed by atoms with Gasteiger partial charge in [0.25, 0.3) is 0 Å². The fourth-order valence-corrected chi connectivity index (χ4v) is 3.68. The van der Waals surface area contributed by atoms with E-state index in [4.69, 9.17) is 0 Å². The Morgan fingerprint density at radius 1 is 1.29 bits per heavy atom. The number of hydrogen-bond acceptors (Lipinski definition) is 5. The van der Waals surface area contributed by atoms with Crippen molar-refractivity contribution < 1.29 is 13.2 Å². The first-order chi connectivity index (χ1) is 11.2. The molecule has 0 saturated carbocycles. The number of aromatic nitrogens is 1. The Balaban J connectivity index is 1.95. The summed E-state index contributed by atoms with van der Waals surface area (Å²) in [5, 5.41) is 4.63. The minimum Gasteiger partial charge on any atom is -0.350 e. The van der Waals surface area contributed by atoms with E-state index in [1.54, 1.807) is 22.1 Å². The minimum atomic E-state index is -3.23.